The Morgan fingerprint density at radius 3 is 2.44 bits per heavy atom. The van der Waals surface area contributed by atoms with Crippen LogP contribution in [0.1, 0.15) is 38.5 Å². The molecule has 0 aromatic carbocycles. The van der Waals surface area contributed by atoms with Crippen LogP contribution >= 0.6 is 0 Å². The smallest absolute Gasteiger partial charge is 0.236 e. The molecule has 104 valence electrons. The van der Waals surface area contributed by atoms with E-state index in [9.17, 15) is 9.90 Å². The molecule has 18 heavy (non-hydrogen) atoms. The number of hydrogen-bond acceptors (Lipinski definition) is 3. The Balaban J connectivity index is 1.78. The first-order valence-electron chi connectivity index (χ1n) is 7.40. The maximum atomic E-state index is 12.2. The lowest BCUT2D eigenvalue weighted by Gasteiger charge is -2.32. The first kappa shape index (κ1) is 13.8. The fourth-order valence-electron chi connectivity index (χ4n) is 3.06. The minimum absolute atomic E-state index is 0.258. The average molecular weight is 254 g/mol. The van der Waals surface area contributed by atoms with Gasteiger partial charge >= 0.3 is 0 Å². The molecule has 2 heterocycles. The van der Waals surface area contributed by atoms with Crippen LogP contribution in [0.4, 0.5) is 0 Å². The van der Waals surface area contributed by atoms with Crippen LogP contribution < -0.4 is 0 Å². The van der Waals surface area contributed by atoms with Crippen LogP contribution in [-0.4, -0.2) is 60.1 Å². The molecule has 1 N–H and O–H groups in total. The Labute approximate surface area is 110 Å². The molecule has 2 rings (SSSR count). The molecule has 0 aliphatic carbocycles. The molecule has 0 aromatic rings. The minimum Gasteiger partial charge on any atom is -0.396 e. The predicted molar refractivity (Wildman–Crippen MR) is 71.3 cm³/mol. The second-order valence-electron chi connectivity index (χ2n) is 5.72. The number of hydrogen-bond donors (Lipinski definition) is 1. The number of nitrogens with zero attached hydrogens (tertiary/aromatic N) is 2. The largest absolute Gasteiger partial charge is 0.396 e. The van der Waals surface area contributed by atoms with E-state index >= 15 is 0 Å². The van der Waals surface area contributed by atoms with Crippen LogP contribution in [0.3, 0.4) is 0 Å². The van der Waals surface area contributed by atoms with Gasteiger partial charge in [-0.1, -0.05) is 12.8 Å². The van der Waals surface area contributed by atoms with Gasteiger partial charge in [-0.15, -0.1) is 0 Å². The lowest BCUT2D eigenvalue weighted by atomic mass is 9.99. The van der Waals surface area contributed by atoms with Crippen molar-refractivity contribution < 1.29 is 9.90 Å². The van der Waals surface area contributed by atoms with Crippen molar-refractivity contribution in [1.29, 1.82) is 0 Å². The van der Waals surface area contributed by atoms with E-state index in [1.54, 1.807) is 0 Å². The van der Waals surface area contributed by atoms with Crippen molar-refractivity contribution in [2.75, 3.05) is 39.3 Å². The molecule has 1 unspecified atom stereocenters. The summed E-state index contributed by atoms with van der Waals surface area (Å²) < 4.78 is 0. The van der Waals surface area contributed by atoms with Crippen molar-refractivity contribution in [3.8, 4) is 0 Å². The number of piperidine rings is 1. The SMILES string of the molecule is O=C(CN1CCCC(CO)C1)N1CCCCCC1. The molecule has 0 saturated carbocycles. The monoisotopic (exact) mass is 254 g/mol. The summed E-state index contributed by atoms with van der Waals surface area (Å²) in [7, 11) is 0. The molecule has 2 fully saturated rings. The highest BCUT2D eigenvalue weighted by atomic mass is 16.3. The van der Waals surface area contributed by atoms with Crippen molar-refractivity contribution in [3.05, 3.63) is 0 Å². The van der Waals surface area contributed by atoms with E-state index in [4.69, 9.17) is 0 Å². The molecule has 2 saturated heterocycles. The van der Waals surface area contributed by atoms with Crippen molar-refractivity contribution in [3.63, 3.8) is 0 Å². The zero-order valence-corrected chi connectivity index (χ0v) is 11.3. The summed E-state index contributed by atoms with van der Waals surface area (Å²) in [5, 5.41) is 9.21. The maximum Gasteiger partial charge on any atom is 0.236 e. The molecule has 1 atom stereocenters. The number of carbonyl (C=O) groups is 1. The van der Waals surface area contributed by atoms with Crippen molar-refractivity contribution in [2.45, 2.75) is 38.5 Å². The van der Waals surface area contributed by atoms with Gasteiger partial charge < -0.3 is 10.0 Å². The van der Waals surface area contributed by atoms with E-state index in [-0.39, 0.29) is 12.5 Å². The van der Waals surface area contributed by atoms with Gasteiger partial charge in [0.1, 0.15) is 0 Å². The maximum absolute atomic E-state index is 12.2. The summed E-state index contributed by atoms with van der Waals surface area (Å²) in [5.74, 6) is 0.658. The molecule has 4 nitrogen and oxygen atoms in total. The van der Waals surface area contributed by atoms with Crippen LogP contribution in [0.5, 0.6) is 0 Å². The molecule has 1 amide bonds. The topological polar surface area (TPSA) is 43.8 Å². The van der Waals surface area contributed by atoms with Crippen molar-refractivity contribution in [1.82, 2.24) is 9.80 Å². The van der Waals surface area contributed by atoms with Crippen molar-refractivity contribution in [2.24, 2.45) is 5.92 Å². The van der Waals surface area contributed by atoms with Gasteiger partial charge in [0.05, 0.1) is 6.54 Å². The summed E-state index contributed by atoms with van der Waals surface area (Å²) in [4.78, 5) is 16.5. The number of likely N-dealkylation sites (tertiary alicyclic amines) is 2. The van der Waals surface area contributed by atoms with Crippen LogP contribution in [0.25, 0.3) is 0 Å². The molecular formula is C14H26N2O2. The minimum atomic E-state index is 0.258. The Kier molecular flexibility index (Phi) is 5.45. The van der Waals surface area contributed by atoms with E-state index in [0.29, 0.717) is 12.5 Å². The van der Waals surface area contributed by atoms with Gasteiger partial charge in [-0.25, -0.2) is 0 Å². The second-order valence-corrected chi connectivity index (χ2v) is 5.72. The zero-order chi connectivity index (χ0) is 12.8. The van der Waals surface area contributed by atoms with Gasteiger partial charge in [-0.05, 0) is 38.1 Å². The highest BCUT2D eigenvalue weighted by Gasteiger charge is 2.23. The standard InChI is InChI=1S/C14H26N2O2/c17-12-13-6-5-7-15(10-13)11-14(18)16-8-3-1-2-4-9-16/h13,17H,1-12H2. The molecular weight excluding hydrogens is 228 g/mol. The number of amides is 1. The molecule has 0 spiro atoms. The quantitative estimate of drug-likeness (QED) is 0.820. The van der Waals surface area contributed by atoms with Gasteiger partial charge in [0, 0.05) is 26.2 Å². The van der Waals surface area contributed by atoms with Gasteiger partial charge in [0.25, 0.3) is 0 Å². The molecule has 4 heteroatoms. The number of rotatable bonds is 3. The zero-order valence-electron chi connectivity index (χ0n) is 11.3. The summed E-state index contributed by atoms with van der Waals surface area (Å²) >= 11 is 0. The van der Waals surface area contributed by atoms with Crippen LogP contribution in [0, 0.1) is 5.92 Å². The lowest BCUT2D eigenvalue weighted by molar-refractivity contribution is -0.132. The van der Waals surface area contributed by atoms with Crippen LogP contribution in [0.2, 0.25) is 0 Å². The molecule has 0 bridgehead atoms. The van der Waals surface area contributed by atoms with E-state index < -0.39 is 0 Å². The number of aliphatic hydroxyl groups is 1. The first-order valence-corrected chi connectivity index (χ1v) is 7.40. The fraction of sp³-hybridized carbons (Fsp3) is 0.929. The molecule has 2 aliphatic heterocycles. The predicted octanol–water partition coefficient (Wildman–Crippen LogP) is 1.09. The highest BCUT2D eigenvalue weighted by Crippen LogP contribution is 2.16. The van der Waals surface area contributed by atoms with E-state index in [0.717, 1.165) is 51.9 Å². The first-order chi connectivity index (χ1) is 8.79. The summed E-state index contributed by atoms with van der Waals surface area (Å²) in [6, 6.07) is 0. The van der Waals surface area contributed by atoms with E-state index in [2.05, 4.69) is 4.90 Å². The Morgan fingerprint density at radius 1 is 1.06 bits per heavy atom. The fourth-order valence-corrected chi connectivity index (χ4v) is 3.06. The second kappa shape index (κ2) is 7.10. The summed E-state index contributed by atoms with van der Waals surface area (Å²) in [6.45, 7) is 4.59. The normalized spacial score (nSPS) is 26.9. The Bertz CT molecular complexity index is 263. The summed E-state index contributed by atoms with van der Waals surface area (Å²) in [6.07, 6.45) is 7.06. The molecule has 2 aliphatic rings. The average Bonchev–Trinajstić information content (AvgIpc) is 2.68. The van der Waals surface area contributed by atoms with Crippen LogP contribution in [-0.2, 0) is 4.79 Å². The third-order valence-corrected chi connectivity index (χ3v) is 4.18. The van der Waals surface area contributed by atoms with Crippen LogP contribution in [0.15, 0.2) is 0 Å². The van der Waals surface area contributed by atoms with Gasteiger partial charge in [0.2, 0.25) is 5.91 Å². The Morgan fingerprint density at radius 2 is 1.78 bits per heavy atom. The lowest BCUT2D eigenvalue weighted by Crippen LogP contribution is -2.45. The molecule has 0 radical (unpaired) electrons. The Hall–Kier alpha value is -0.610. The number of aliphatic hydroxyl groups excluding tert-OH is 1. The summed E-state index contributed by atoms with van der Waals surface area (Å²) in [5.41, 5.74) is 0. The molecule has 0 aromatic heterocycles. The number of carbonyl (C=O) groups excluding carboxylic acids is 1. The van der Waals surface area contributed by atoms with Gasteiger partial charge in [-0.2, -0.15) is 0 Å². The third kappa shape index (κ3) is 3.95. The van der Waals surface area contributed by atoms with Gasteiger partial charge in [0.15, 0.2) is 0 Å². The highest BCUT2D eigenvalue weighted by molar-refractivity contribution is 5.78. The third-order valence-electron chi connectivity index (χ3n) is 4.18. The van der Waals surface area contributed by atoms with Gasteiger partial charge in [-0.3, -0.25) is 9.69 Å². The van der Waals surface area contributed by atoms with E-state index in [1.165, 1.54) is 12.8 Å². The van der Waals surface area contributed by atoms with E-state index in [1.807, 2.05) is 4.90 Å². The van der Waals surface area contributed by atoms with Crippen molar-refractivity contribution >= 4 is 5.91 Å².